The van der Waals surface area contributed by atoms with Crippen LogP contribution in [0.2, 0.25) is 5.02 Å². The van der Waals surface area contributed by atoms with E-state index < -0.39 is 0 Å². The fourth-order valence-corrected chi connectivity index (χ4v) is 4.75. The molecule has 5 rings (SSSR count). The van der Waals surface area contributed by atoms with Crippen molar-refractivity contribution < 1.29 is 5.11 Å². The molecule has 4 heterocycles. The number of anilines is 1. The standard InChI is InChI=1S/C25H29ClN6O2/c1-25(2,3)23-29-28-22-21-20(12-19(13-27-21)30-10-8-17(15-33)9-11-30)31(24(34)32(22)23)14-16-4-6-18(26)7-5-16/h4-7,12-13,17,33H,8-11,14-15H2,1-3H3. The first-order chi connectivity index (χ1) is 16.3. The molecule has 178 valence electrons. The number of benzene rings is 1. The van der Waals surface area contributed by atoms with Crippen LogP contribution in [0.15, 0.2) is 41.3 Å². The summed E-state index contributed by atoms with van der Waals surface area (Å²) >= 11 is 6.08. The summed E-state index contributed by atoms with van der Waals surface area (Å²) < 4.78 is 3.35. The Hall–Kier alpha value is -2.97. The minimum atomic E-state index is -0.360. The number of aliphatic hydroxyl groups excluding tert-OH is 1. The lowest BCUT2D eigenvalue weighted by Gasteiger charge is -2.32. The lowest BCUT2D eigenvalue weighted by atomic mass is 9.96. The number of fused-ring (bicyclic) bond motifs is 3. The highest BCUT2D eigenvalue weighted by molar-refractivity contribution is 6.30. The molecule has 1 aromatic carbocycles. The van der Waals surface area contributed by atoms with E-state index in [1.807, 2.05) is 57.3 Å². The van der Waals surface area contributed by atoms with Crippen molar-refractivity contribution in [1.82, 2.24) is 24.1 Å². The van der Waals surface area contributed by atoms with Crippen molar-refractivity contribution in [3.8, 4) is 0 Å². The van der Waals surface area contributed by atoms with Crippen molar-refractivity contribution in [3.05, 3.63) is 63.4 Å². The van der Waals surface area contributed by atoms with E-state index in [1.54, 1.807) is 8.97 Å². The number of hydrogen-bond donors (Lipinski definition) is 1. The van der Waals surface area contributed by atoms with Gasteiger partial charge in [0.15, 0.2) is 5.65 Å². The zero-order chi connectivity index (χ0) is 24.0. The van der Waals surface area contributed by atoms with Crippen LogP contribution in [0.1, 0.15) is 45.0 Å². The van der Waals surface area contributed by atoms with Crippen molar-refractivity contribution in [2.45, 2.75) is 45.6 Å². The maximum Gasteiger partial charge on any atom is 0.336 e. The fourth-order valence-electron chi connectivity index (χ4n) is 4.62. The number of nitrogens with zero attached hydrogens (tertiary/aromatic N) is 6. The molecule has 1 N–H and O–H groups in total. The molecule has 0 atom stereocenters. The number of pyridine rings is 1. The third-order valence-corrected chi connectivity index (χ3v) is 6.86. The molecule has 0 radical (unpaired) electrons. The molecular formula is C25H29ClN6O2. The Balaban J connectivity index is 1.70. The van der Waals surface area contributed by atoms with Crippen LogP contribution >= 0.6 is 11.6 Å². The van der Waals surface area contributed by atoms with Crippen LogP contribution in [0.4, 0.5) is 5.69 Å². The predicted molar refractivity (Wildman–Crippen MR) is 134 cm³/mol. The highest BCUT2D eigenvalue weighted by atomic mass is 35.5. The van der Waals surface area contributed by atoms with E-state index in [2.05, 4.69) is 15.1 Å². The van der Waals surface area contributed by atoms with Gasteiger partial charge in [-0.2, -0.15) is 0 Å². The molecule has 0 amide bonds. The van der Waals surface area contributed by atoms with Gasteiger partial charge in [-0.05, 0) is 42.5 Å². The van der Waals surface area contributed by atoms with Gasteiger partial charge in [0.1, 0.15) is 11.3 Å². The summed E-state index contributed by atoms with van der Waals surface area (Å²) in [5.41, 5.74) is 3.22. The monoisotopic (exact) mass is 480 g/mol. The Morgan fingerprint density at radius 2 is 1.82 bits per heavy atom. The summed E-state index contributed by atoms with van der Waals surface area (Å²) in [6, 6.07) is 9.55. The van der Waals surface area contributed by atoms with Gasteiger partial charge in [-0.15, -0.1) is 10.2 Å². The third-order valence-electron chi connectivity index (χ3n) is 6.60. The van der Waals surface area contributed by atoms with Crippen LogP contribution in [0, 0.1) is 5.92 Å². The van der Waals surface area contributed by atoms with Crippen molar-refractivity contribution >= 4 is 34.0 Å². The van der Waals surface area contributed by atoms with Crippen molar-refractivity contribution in [2.24, 2.45) is 5.92 Å². The van der Waals surface area contributed by atoms with Crippen LogP contribution in [0.5, 0.6) is 0 Å². The van der Waals surface area contributed by atoms with Gasteiger partial charge in [-0.3, -0.25) is 4.57 Å². The quantitative estimate of drug-likeness (QED) is 0.479. The lowest BCUT2D eigenvalue weighted by Crippen LogP contribution is -2.35. The molecule has 34 heavy (non-hydrogen) atoms. The van der Waals surface area contributed by atoms with Crippen molar-refractivity contribution in [3.63, 3.8) is 0 Å². The number of hydrogen-bond acceptors (Lipinski definition) is 6. The first-order valence-corrected chi connectivity index (χ1v) is 12.0. The second-order valence-electron chi connectivity index (χ2n) is 10.1. The second kappa shape index (κ2) is 8.67. The van der Waals surface area contributed by atoms with Crippen molar-refractivity contribution in [2.75, 3.05) is 24.6 Å². The Bertz CT molecular complexity index is 1400. The molecule has 1 aliphatic heterocycles. The molecule has 4 aromatic rings. The summed E-state index contributed by atoms with van der Waals surface area (Å²) in [4.78, 5) is 20.9. The van der Waals surface area contributed by atoms with E-state index in [0.717, 1.165) is 42.7 Å². The van der Waals surface area contributed by atoms with Gasteiger partial charge in [0.05, 0.1) is 23.9 Å². The third kappa shape index (κ3) is 4.05. The zero-order valence-electron chi connectivity index (χ0n) is 19.7. The topological polar surface area (TPSA) is 88.5 Å². The molecule has 9 heteroatoms. The summed E-state index contributed by atoms with van der Waals surface area (Å²) in [5, 5.41) is 18.9. The average molecular weight is 481 g/mol. The normalized spacial score (nSPS) is 15.5. The van der Waals surface area contributed by atoms with Gasteiger partial charge in [0.2, 0.25) is 0 Å². The molecule has 0 aliphatic carbocycles. The van der Waals surface area contributed by atoms with Crippen LogP contribution in [0.3, 0.4) is 0 Å². The van der Waals surface area contributed by atoms with E-state index in [-0.39, 0.29) is 17.7 Å². The smallest absolute Gasteiger partial charge is 0.336 e. The minimum absolute atomic E-state index is 0.190. The molecule has 0 saturated carbocycles. The number of aromatic nitrogens is 5. The summed E-state index contributed by atoms with van der Waals surface area (Å²) in [7, 11) is 0. The van der Waals surface area contributed by atoms with E-state index in [0.29, 0.717) is 34.5 Å². The van der Waals surface area contributed by atoms with Gasteiger partial charge in [-0.1, -0.05) is 44.5 Å². The summed E-state index contributed by atoms with van der Waals surface area (Å²) in [5.74, 6) is 0.954. The van der Waals surface area contributed by atoms with Crippen LogP contribution < -0.4 is 10.6 Å². The molecule has 0 bridgehead atoms. The summed E-state index contributed by atoms with van der Waals surface area (Å²) in [6.45, 7) is 8.35. The van der Waals surface area contributed by atoms with Crippen molar-refractivity contribution in [1.29, 1.82) is 0 Å². The van der Waals surface area contributed by atoms with E-state index in [9.17, 15) is 9.90 Å². The van der Waals surface area contributed by atoms with Gasteiger partial charge in [0, 0.05) is 30.1 Å². The molecule has 3 aromatic heterocycles. The zero-order valence-corrected chi connectivity index (χ0v) is 20.5. The number of halogens is 1. The number of piperidine rings is 1. The maximum absolute atomic E-state index is 13.9. The number of rotatable bonds is 4. The largest absolute Gasteiger partial charge is 0.396 e. The van der Waals surface area contributed by atoms with Crippen LogP contribution in [-0.4, -0.2) is 49.0 Å². The molecule has 0 unspecified atom stereocenters. The molecule has 1 fully saturated rings. The number of aliphatic hydroxyl groups is 1. The molecular weight excluding hydrogens is 452 g/mol. The second-order valence-corrected chi connectivity index (χ2v) is 10.5. The molecule has 1 saturated heterocycles. The molecule has 8 nitrogen and oxygen atoms in total. The van der Waals surface area contributed by atoms with E-state index in [1.165, 1.54) is 0 Å². The first-order valence-electron chi connectivity index (χ1n) is 11.6. The highest BCUT2D eigenvalue weighted by Gasteiger charge is 2.26. The summed E-state index contributed by atoms with van der Waals surface area (Å²) in [6.07, 6.45) is 3.72. The maximum atomic E-state index is 13.9. The Morgan fingerprint density at radius 1 is 1.12 bits per heavy atom. The predicted octanol–water partition coefficient (Wildman–Crippen LogP) is 3.65. The van der Waals surface area contributed by atoms with Gasteiger partial charge in [0.25, 0.3) is 0 Å². The average Bonchev–Trinajstić information content (AvgIpc) is 3.29. The van der Waals surface area contributed by atoms with E-state index in [4.69, 9.17) is 16.6 Å². The molecule has 1 aliphatic rings. The Kier molecular flexibility index (Phi) is 5.81. The van der Waals surface area contributed by atoms with Gasteiger partial charge < -0.3 is 10.0 Å². The minimum Gasteiger partial charge on any atom is -0.396 e. The fraction of sp³-hybridized carbons (Fsp3) is 0.440. The van der Waals surface area contributed by atoms with E-state index >= 15 is 0 Å². The SMILES string of the molecule is CC(C)(C)c1nnc2c3ncc(N4CCC(CO)CC4)cc3n(Cc3ccc(Cl)cc3)c(=O)n12. The highest BCUT2D eigenvalue weighted by Crippen LogP contribution is 2.28. The van der Waals surface area contributed by atoms with Gasteiger partial charge in [-0.25, -0.2) is 14.2 Å². The van der Waals surface area contributed by atoms with Crippen LogP contribution in [-0.2, 0) is 12.0 Å². The Labute approximate surface area is 202 Å². The van der Waals surface area contributed by atoms with Gasteiger partial charge >= 0.3 is 5.69 Å². The lowest BCUT2D eigenvalue weighted by molar-refractivity contribution is 0.203. The van der Waals surface area contributed by atoms with Crippen LogP contribution in [0.25, 0.3) is 16.7 Å². The Morgan fingerprint density at radius 3 is 2.47 bits per heavy atom. The first kappa shape index (κ1) is 22.8. The molecule has 0 spiro atoms.